The van der Waals surface area contributed by atoms with Crippen LogP contribution in [0.3, 0.4) is 0 Å². The van der Waals surface area contributed by atoms with Crippen LogP contribution in [0.1, 0.15) is 24.5 Å². The van der Waals surface area contributed by atoms with Crippen molar-refractivity contribution in [2.75, 3.05) is 16.8 Å². The van der Waals surface area contributed by atoms with Crippen molar-refractivity contribution in [1.29, 1.82) is 0 Å². The van der Waals surface area contributed by atoms with Gasteiger partial charge in [0.2, 0.25) is 11.8 Å². The summed E-state index contributed by atoms with van der Waals surface area (Å²) in [6, 6.07) is 15.2. The zero-order valence-corrected chi connectivity index (χ0v) is 13.8. The predicted molar refractivity (Wildman–Crippen MR) is 93.6 cm³/mol. The summed E-state index contributed by atoms with van der Waals surface area (Å²) >= 11 is 0. The number of hydrogen-bond acceptors (Lipinski definition) is 2. The molecule has 0 aliphatic heterocycles. The molecule has 0 unspecified atom stereocenters. The molecule has 120 valence electrons. The maximum absolute atomic E-state index is 12.4. The first kappa shape index (κ1) is 16.7. The average Bonchev–Trinajstić information content (AvgIpc) is 2.52. The molecule has 4 nitrogen and oxygen atoms in total. The maximum atomic E-state index is 12.4. The first-order valence-corrected chi connectivity index (χ1v) is 7.73. The molecule has 0 spiro atoms. The smallest absolute Gasteiger partial charge is 0.236 e. The number of carbonyl (C=O) groups is 2. The number of carbonyl (C=O) groups excluding carboxylic acids is 2. The molecule has 0 fully saturated rings. The van der Waals surface area contributed by atoms with Crippen molar-refractivity contribution < 1.29 is 9.59 Å². The molecular formula is C19H22N2O2. The van der Waals surface area contributed by atoms with Crippen LogP contribution in [0.25, 0.3) is 0 Å². The molecule has 23 heavy (non-hydrogen) atoms. The Labute approximate surface area is 137 Å². The molecule has 2 aromatic carbocycles. The van der Waals surface area contributed by atoms with Crippen LogP contribution in [-0.4, -0.2) is 18.4 Å². The lowest BCUT2D eigenvalue weighted by molar-refractivity contribution is -0.125. The number of anilines is 2. The Morgan fingerprint density at radius 3 is 2.39 bits per heavy atom. The molecule has 0 atom stereocenters. The summed E-state index contributed by atoms with van der Waals surface area (Å²) in [5.41, 5.74) is 3.61. The summed E-state index contributed by atoms with van der Waals surface area (Å²) in [4.78, 5) is 26.2. The van der Waals surface area contributed by atoms with Gasteiger partial charge in [-0.1, -0.05) is 30.3 Å². The molecule has 0 aromatic heterocycles. The van der Waals surface area contributed by atoms with Crippen LogP contribution in [0.15, 0.2) is 48.5 Å². The average molecular weight is 310 g/mol. The summed E-state index contributed by atoms with van der Waals surface area (Å²) in [5, 5.41) is 2.83. The Bertz CT molecular complexity index is 696. The molecule has 0 bridgehead atoms. The van der Waals surface area contributed by atoms with Gasteiger partial charge in [0.15, 0.2) is 0 Å². The normalized spacial score (nSPS) is 10.2. The molecule has 0 saturated heterocycles. The molecular weight excluding hydrogens is 288 g/mol. The third-order valence-corrected chi connectivity index (χ3v) is 3.66. The van der Waals surface area contributed by atoms with Crippen molar-refractivity contribution in [2.24, 2.45) is 0 Å². The minimum absolute atomic E-state index is 0.171. The van der Waals surface area contributed by atoms with Gasteiger partial charge in [0.25, 0.3) is 0 Å². The van der Waals surface area contributed by atoms with E-state index in [-0.39, 0.29) is 18.2 Å². The highest BCUT2D eigenvalue weighted by Crippen LogP contribution is 2.18. The minimum atomic E-state index is -0.293. The van der Waals surface area contributed by atoms with Crippen LogP contribution in [0.2, 0.25) is 0 Å². The largest absolute Gasteiger partial charge is 0.325 e. The summed E-state index contributed by atoms with van der Waals surface area (Å²) in [7, 11) is 0. The Hall–Kier alpha value is -2.62. The topological polar surface area (TPSA) is 49.4 Å². The zero-order chi connectivity index (χ0) is 16.8. The van der Waals surface area contributed by atoms with Gasteiger partial charge < -0.3 is 10.2 Å². The number of para-hydroxylation sites is 1. The fourth-order valence-electron chi connectivity index (χ4n) is 2.41. The molecule has 2 amide bonds. The molecule has 2 aromatic rings. The standard InChI is InChI=1S/C19H22N2O2/c1-4-21(16-8-6-5-7-9-16)19(23)13-18(22)20-17-12-14(2)10-11-15(17)3/h5-12H,4,13H2,1-3H3,(H,20,22). The second kappa shape index (κ2) is 7.58. The van der Waals surface area contributed by atoms with E-state index in [1.165, 1.54) is 0 Å². The van der Waals surface area contributed by atoms with Crippen LogP contribution < -0.4 is 10.2 Å². The molecule has 0 aliphatic rings. The highest BCUT2D eigenvalue weighted by atomic mass is 16.2. The first-order valence-electron chi connectivity index (χ1n) is 7.73. The minimum Gasteiger partial charge on any atom is -0.325 e. The first-order chi connectivity index (χ1) is 11.0. The van der Waals surface area contributed by atoms with Gasteiger partial charge in [0, 0.05) is 17.9 Å². The lowest BCUT2D eigenvalue weighted by Gasteiger charge is -2.21. The van der Waals surface area contributed by atoms with Gasteiger partial charge in [-0.05, 0) is 50.1 Å². The number of amides is 2. The van der Waals surface area contributed by atoms with E-state index < -0.39 is 0 Å². The number of benzene rings is 2. The van der Waals surface area contributed by atoms with Gasteiger partial charge in [0.05, 0.1) is 0 Å². The van der Waals surface area contributed by atoms with Crippen LogP contribution in [0.4, 0.5) is 11.4 Å². The number of hydrogen-bond donors (Lipinski definition) is 1. The van der Waals surface area contributed by atoms with Crippen LogP contribution >= 0.6 is 0 Å². The fraction of sp³-hybridized carbons (Fsp3) is 0.263. The Kier molecular flexibility index (Phi) is 5.52. The summed E-state index contributed by atoms with van der Waals surface area (Å²) in [6.07, 6.45) is -0.171. The zero-order valence-electron chi connectivity index (χ0n) is 13.8. The van der Waals surface area contributed by atoms with E-state index in [9.17, 15) is 9.59 Å². The molecule has 0 heterocycles. The lowest BCUT2D eigenvalue weighted by atomic mass is 10.1. The second-order valence-electron chi connectivity index (χ2n) is 5.52. The molecule has 1 N–H and O–H groups in total. The lowest BCUT2D eigenvalue weighted by Crippen LogP contribution is -2.33. The Balaban J connectivity index is 2.04. The summed E-state index contributed by atoms with van der Waals surface area (Å²) < 4.78 is 0. The van der Waals surface area contributed by atoms with Gasteiger partial charge in [-0.3, -0.25) is 9.59 Å². The third-order valence-electron chi connectivity index (χ3n) is 3.66. The van der Waals surface area contributed by atoms with Crippen LogP contribution in [0.5, 0.6) is 0 Å². The van der Waals surface area contributed by atoms with Crippen molar-refractivity contribution in [3.63, 3.8) is 0 Å². The Morgan fingerprint density at radius 2 is 1.74 bits per heavy atom. The quantitative estimate of drug-likeness (QED) is 0.856. The van der Waals surface area contributed by atoms with E-state index in [0.717, 1.165) is 22.5 Å². The van der Waals surface area contributed by atoms with Gasteiger partial charge in [-0.15, -0.1) is 0 Å². The van der Waals surface area contributed by atoms with Gasteiger partial charge in [0.1, 0.15) is 6.42 Å². The fourth-order valence-corrected chi connectivity index (χ4v) is 2.41. The highest BCUT2D eigenvalue weighted by molar-refractivity contribution is 6.09. The van der Waals surface area contributed by atoms with Gasteiger partial charge in [-0.2, -0.15) is 0 Å². The molecule has 0 aliphatic carbocycles. The monoisotopic (exact) mass is 310 g/mol. The van der Waals surface area contributed by atoms with Crippen molar-refractivity contribution in [3.05, 3.63) is 59.7 Å². The SMILES string of the molecule is CCN(C(=O)CC(=O)Nc1cc(C)ccc1C)c1ccccc1. The van der Waals surface area contributed by atoms with E-state index in [1.807, 2.05) is 69.3 Å². The van der Waals surface area contributed by atoms with Crippen LogP contribution in [0, 0.1) is 13.8 Å². The highest BCUT2D eigenvalue weighted by Gasteiger charge is 2.17. The molecule has 2 rings (SSSR count). The van der Waals surface area contributed by atoms with E-state index in [0.29, 0.717) is 6.54 Å². The number of aryl methyl sites for hydroxylation is 2. The van der Waals surface area contributed by atoms with Crippen LogP contribution in [-0.2, 0) is 9.59 Å². The van der Waals surface area contributed by atoms with Gasteiger partial charge >= 0.3 is 0 Å². The predicted octanol–water partition coefficient (Wildman–Crippen LogP) is 3.69. The molecule has 4 heteroatoms. The van der Waals surface area contributed by atoms with Crippen molar-refractivity contribution in [1.82, 2.24) is 0 Å². The number of nitrogens with one attached hydrogen (secondary N) is 1. The van der Waals surface area contributed by atoms with Gasteiger partial charge in [-0.25, -0.2) is 0 Å². The Morgan fingerprint density at radius 1 is 1.04 bits per heavy atom. The summed E-state index contributed by atoms with van der Waals surface area (Å²) in [5.74, 6) is -0.500. The van der Waals surface area contributed by atoms with Crippen molar-refractivity contribution in [3.8, 4) is 0 Å². The van der Waals surface area contributed by atoms with E-state index >= 15 is 0 Å². The van der Waals surface area contributed by atoms with Crippen molar-refractivity contribution in [2.45, 2.75) is 27.2 Å². The van der Waals surface area contributed by atoms with E-state index in [2.05, 4.69) is 5.32 Å². The maximum Gasteiger partial charge on any atom is 0.236 e. The molecule has 0 saturated carbocycles. The van der Waals surface area contributed by atoms with Crippen molar-refractivity contribution >= 4 is 23.2 Å². The molecule has 0 radical (unpaired) electrons. The third kappa shape index (κ3) is 4.42. The number of rotatable bonds is 5. The van der Waals surface area contributed by atoms with E-state index in [1.54, 1.807) is 4.90 Å². The number of nitrogens with zero attached hydrogens (tertiary/aromatic N) is 1. The van der Waals surface area contributed by atoms with E-state index in [4.69, 9.17) is 0 Å². The second-order valence-corrected chi connectivity index (χ2v) is 5.52. The summed E-state index contributed by atoms with van der Waals surface area (Å²) in [6.45, 7) is 6.32.